The molecule has 0 bridgehead atoms. The highest BCUT2D eigenvalue weighted by atomic mass is 16.5. The van der Waals surface area contributed by atoms with Crippen LogP contribution in [0.15, 0.2) is 18.6 Å². The Kier molecular flexibility index (Phi) is 3.51. The largest absolute Gasteiger partial charge is 0.368 e. The van der Waals surface area contributed by atoms with Crippen molar-refractivity contribution >= 4 is 5.91 Å². The van der Waals surface area contributed by atoms with Crippen LogP contribution in [-0.4, -0.2) is 38.7 Å². The van der Waals surface area contributed by atoms with Gasteiger partial charge in [-0.2, -0.15) is 5.10 Å². The van der Waals surface area contributed by atoms with E-state index >= 15 is 0 Å². The lowest BCUT2D eigenvalue weighted by Crippen LogP contribution is -2.37. The molecular formula is C13H17N5O2. The van der Waals surface area contributed by atoms with Gasteiger partial charge in [0.2, 0.25) is 0 Å². The molecule has 1 fully saturated rings. The molecule has 0 aliphatic carbocycles. The number of ether oxygens (including phenoxy) is 1. The van der Waals surface area contributed by atoms with Crippen molar-refractivity contribution in [2.45, 2.75) is 31.9 Å². The third-order valence-corrected chi connectivity index (χ3v) is 3.54. The van der Waals surface area contributed by atoms with Crippen molar-refractivity contribution in [1.82, 2.24) is 25.5 Å². The number of amides is 1. The minimum Gasteiger partial charge on any atom is -0.368 e. The molecule has 0 radical (unpaired) electrons. The molecule has 1 amide bonds. The van der Waals surface area contributed by atoms with Crippen LogP contribution in [0.2, 0.25) is 0 Å². The summed E-state index contributed by atoms with van der Waals surface area (Å²) in [6.07, 6.45) is 4.53. The molecule has 20 heavy (non-hydrogen) atoms. The summed E-state index contributed by atoms with van der Waals surface area (Å²) in [4.78, 5) is 19.5. The van der Waals surface area contributed by atoms with Gasteiger partial charge in [-0.05, 0) is 18.9 Å². The summed E-state index contributed by atoms with van der Waals surface area (Å²) in [6.45, 7) is 2.61. The fraction of sp³-hybridized carbons (Fsp3) is 0.462. The molecule has 2 atom stereocenters. The number of carbonyl (C=O) groups excluding carboxylic acids is 1. The van der Waals surface area contributed by atoms with Crippen LogP contribution >= 0.6 is 0 Å². The smallest absolute Gasteiger partial charge is 0.253 e. The van der Waals surface area contributed by atoms with Crippen molar-refractivity contribution in [2.24, 2.45) is 0 Å². The Balaban J connectivity index is 1.72. The number of hydrogen-bond donors (Lipinski definition) is 3. The molecule has 0 spiro atoms. The molecule has 0 unspecified atom stereocenters. The Morgan fingerprint density at radius 2 is 2.50 bits per heavy atom. The van der Waals surface area contributed by atoms with Gasteiger partial charge in [0.1, 0.15) is 12.4 Å². The monoisotopic (exact) mass is 275 g/mol. The number of carbonyl (C=O) groups is 1. The first kappa shape index (κ1) is 12.9. The van der Waals surface area contributed by atoms with Gasteiger partial charge in [0, 0.05) is 18.5 Å². The number of rotatable bonds is 4. The van der Waals surface area contributed by atoms with E-state index in [9.17, 15) is 4.79 Å². The predicted octanol–water partition coefficient (Wildman–Crippen LogP) is 0.955. The molecule has 106 valence electrons. The van der Waals surface area contributed by atoms with E-state index in [1.165, 1.54) is 6.33 Å². The zero-order valence-corrected chi connectivity index (χ0v) is 11.2. The maximum absolute atomic E-state index is 12.3. The van der Waals surface area contributed by atoms with Crippen molar-refractivity contribution in [3.63, 3.8) is 0 Å². The first-order valence-corrected chi connectivity index (χ1v) is 6.73. The van der Waals surface area contributed by atoms with Crippen molar-refractivity contribution in [2.75, 3.05) is 6.61 Å². The lowest BCUT2D eigenvalue weighted by Gasteiger charge is -2.17. The standard InChI is InChI=1S/C13H17N5O2/c1-2-9-8(3-5-14-9)13(19)17-10-4-6-20-11(10)12-15-7-16-18-12/h3,5,7,10-11,14H,2,4,6H2,1H3,(H,17,19)(H,15,16,18)/t10-,11+/m0/s1. The van der Waals surface area contributed by atoms with Gasteiger partial charge < -0.3 is 15.0 Å². The van der Waals surface area contributed by atoms with Gasteiger partial charge in [-0.1, -0.05) is 6.92 Å². The Bertz CT molecular complexity index is 577. The number of hydrogen-bond acceptors (Lipinski definition) is 4. The van der Waals surface area contributed by atoms with Crippen LogP contribution in [-0.2, 0) is 11.2 Å². The van der Waals surface area contributed by atoms with E-state index < -0.39 is 0 Å². The predicted molar refractivity (Wildman–Crippen MR) is 71.1 cm³/mol. The third-order valence-electron chi connectivity index (χ3n) is 3.54. The lowest BCUT2D eigenvalue weighted by atomic mass is 10.1. The highest BCUT2D eigenvalue weighted by Crippen LogP contribution is 2.26. The van der Waals surface area contributed by atoms with Crippen LogP contribution in [0.1, 0.15) is 41.3 Å². The van der Waals surface area contributed by atoms with E-state index in [4.69, 9.17) is 4.74 Å². The van der Waals surface area contributed by atoms with Crippen molar-refractivity contribution in [3.8, 4) is 0 Å². The molecule has 3 rings (SSSR count). The molecule has 2 aromatic heterocycles. The molecule has 1 aliphatic heterocycles. The topological polar surface area (TPSA) is 95.7 Å². The summed E-state index contributed by atoms with van der Waals surface area (Å²) in [5, 5.41) is 9.64. The van der Waals surface area contributed by atoms with E-state index in [0.29, 0.717) is 18.0 Å². The van der Waals surface area contributed by atoms with Crippen LogP contribution in [0, 0.1) is 0 Å². The normalized spacial score (nSPS) is 22.1. The quantitative estimate of drug-likeness (QED) is 0.774. The number of aryl methyl sites for hydroxylation is 1. The summed E-state index contributed by atoms with van der Waals surface area (Å²) >= 11 is 0. The minimum atomic E-state index is -0.259. The second-order valence-electron chi connectivity index (χ2n) is 4.75. The highest BCUT2D eigenvalue weighted by Gasteiger charge is 2.33. The van der Waals surface area contributed by atoms with Crippen LogP contribution < -0.4 is 5.32 Å². The van der Waals surface area contributed by atoms with Gasteiger partial charge in [0.05, 0.1) is 11.6 Å². The molecule has 7 heteroatoms. The van der Waals surface area contributed by atoms with E-state index in [-0.39, 0.29) is 18.1 Å². The Hall–Kier alpha value is -2.15. The average Bonchev–Trinajstić information content (AvgIpc) is 3.19. The van der Waals surface area contributed by atoms with Crippen LogP contribution in [0.4, 0.5) is 0 Å². The van der Waals surface area contributed by atoms with Crippen molar-refractivity contribution < 1.29 is 9.53 Å². The van der Waals surface area contributed by atoms with E-state index in [2.05, 4.69) is 25.5 Å². The van der Waals surface area contributed by atoms with Gasteiger partial charge in [-0.25, -0.2) is 4.98 Å². The van der Waals surface area contributed by atoms with Crippen LogP contribution in [0.25, 0.3) is 0 Å². The van der Waals surface area contributed by atoms with Crippen molar-refractivity contribution in [1.29, 1.82) is 0 Å². The molecule has 3 N–H and O–H groups in total. The van der Waals surface area contributed by atoms with Crippen LogP contribution in [0.3, 0.4) is 0 Å². The molecule has 1 saturated heterocycles. The molecule has 1 aliphatic rings. The van der Waals surface area contributed by atoms with Crippen molar-refractivity contribution in [3.05, 3.63) is 35.7 Å². The Morgan fingerprint density at radius 1 is 1.60 bits per heavy atom. The second-order valence-corrected chi connectivity index (χ2v) is 4.75. The maximum atomic E-state index is 12.3. The highest BCUT2D eigenvalue weighted by molar-refractivity contribution is 5.95. The number of aromatic amines is 2. The molecule has 3 heterocycles. The number of aromatic nitrogens is 4. The minimum absolute atomic E-state index is 0.0804. The number of nitrogens with zero attached hydrogens (tertiary/aromatic N) is 2. The van der Waals surface area contributed by atoms with Crippen LogP contribution in [0.5, 0.6) is 0 Å². The molecule has 0 saturated carbocycles. The Labute approximate surface area is 116 Å². The summed E-state index contributed by atoms with van der Waals surface area (Å²) in [5.74, 6) is 0.570. The summed E-state index contributed by atoms with van der Waals surface area (Å²) < 4.78 is 5.63. The fourth-order valence-electron chi connectivity index (χ4n) is 2.51. The summed E-state index contributed by atoms with van der Waals surface area (Å²) in [5.41, 5.74) is 1.63. The molecule has 0 aromatic carbocycles. The first-order valence-electron chi connectivity index (χ1n) is 6.73. The van der Waals surface area contributed by atoms with Gasteiger partial charge in [0.15, 0.2) is 5.82 Å². The SMILES string of the molecule is CCc1[nH]ccc1C(=O)N[C@H]1CCO[C@H]1c1ncn[nH]1. The van der Waals surface area contributed by atoms with Gasteiger partial charge in [0.25, 0.3) is 5.91 Å². The van der Waals surface area contributed by atoms with Gasteiger partial charge in [-0.3, -0.25) is 9.89 Å². The van der Waals surface area contributed by atoms with Gasteiger partial charge >= 0.3 is 0 Å². The van der Waals surface area contributed by atoms with E-state index in [1.54, 1.807) is 12.3 Å². The zero-order valence-electron chi connectivity index (χ0n) is 11.2. The Morgan fingerprint density at radius 3 is 3.25 bits per heavy atom. The van der Waals surface area contributed by atoms with Gasteiger partial charge in [-0.15, -0.1) is 0 Å². The number of H-pyrrole nitrogens is 2. The second kappa shape index (κ2) is 5.46. The molecule has 7 nitrogen and oxygen atoms in total. The molecular weight excluding hydrogens is 258 g/mol. The fourth-order valence-corrected chi connectivity index (χ4v) is 2.51. The summed E-state index contributed by atoms with van der Waals surface area (Å²) in [6, 6.07) is 1.71. The lowest BCUT2D eigenvalue weighted by molar-refractivity contribution is 0.0791. The average molecular weight is 275 g/mol. The summed E-state index contributed by atoms with van der Waals surface area (Å²) in [7, 11) is 0. The van der Waals surface area contributed by atoms with E-state index in [1.807, 2.05) is 6.92 Å². The third kappa shape index (κ3) is 2.32. The molecule has 2 aromatic rings. The first-order chi connectivity index (χ1) is 9.79. The maximum Gasteiger partial charge on any atom is 0.253 e. The zero-order chi connectivity index (χ0) is 13.9. The number of nitrogens with one attached hydrogen (secondary N) is 3. The van der Waals surface area contributed by atoms with E-state index in [0.717, 1.165) is 18.5 Å².